The molecule has 59 heavy (non-hydrogen) atoms. The lowest BCUT2D eigenvalue weighted by Crippen LogP contribution is -2.43. The summed E-state index contributed by atoms with van der Waals surface area (Å²) in [6.07, 6.45) is 6.83. The topological polar surface area (TPSA) is 217 Å². The van der Waals surface area contributed by atoms with Crippen molar-refractivity contribution in [2.24, 2.45) is 47.3 Å². The van der Waals surface area contributed by atoms with Gasteiger partial charge in [0.25, 0.3) is 0 Å². The number of carbonyl (C=O) groups excluding carboxylic acids is 3. The van der Waals surface area contributed by atoms with E-state index >= 15 is 0 Å². The maximum Gasteiger partial charge on any atom is 0.308 e. The SMILES string of the molecule is CC[C@H](C)C(=O)O[C@H]1C[C@H](O)C=C2C=C[C@H](C)[C@H](CC[C@@H](O)C[C@@H](O)CC(=O)O[C@@H](CC(=O)O)C[C@H](O)CC[C@@H]3[C@@H]4C(=C[C@@H](O)C[C@@H]4OC(=O)[C@@H](C)CC)C=C[C@@H]3C)[C@H]21. The number of rotatable bonds is 21. The van der Waals surface area contributed by atoms with Crippen LogP contribution in [0.5, 0.6) is 0 Å². The van der Waals surface area contributed by atoms with Crippen molar-refractivity contribution in [2.45, 2.75) is 167 Å². The summed E-state index contributed by atoms with van der Waals surface area (Å²) in [5.74, 6) is -3.44. The first kappa shape index (κ1) is 48.3. The Kier molecular flexibility index (Phi) is 18.4. The van der Waals surface area contributed by atoms with Gasteiger partial charge >= 0.3 is 23.9 Å². The highest BCUT2D eigenvalue weighted by atomic mass is 16.6. The Morgan fingerprint density at radius 2 is 1.14 bits per heavy atom. The molecule has 13 heteroatoms. The molecule has 0 unspecified atom stereocenters. The number of ether oxygens (including phenoxy) is 3. The number of carboxylic acids is 1. The zero-order valence-corrected chi connectivity index (χ0v) is 35.7. The molecular weight excluding hydrogens is 760 g/mol. The summed E-state index contributed by atoms with van der Waals surface area (Å²) in [6.45, 7) is 11.6. The molecule has 0 amide bonds. The van der Waals surface area contributed by atoms with Crippen molar-refractivity contribution in [2.75, 3.05) is 0 Å². The fraction of sp³-hybridized carbons (Fsp3) is 0.739. The van der Waals surface area contributed by atoms with Crippen LogP contribution < -0.4 is 0 Å². The lowest BCUT2D eigenvalue weighted by Gasteiger charge is -2.43. The molecule has 13 nitrogen and oxygen atoms in total. The summed E-state index contributed by atoms with van der Waals surface area (Å²) < 4.78 is 17.4. The second kappa shape index (κ2) is 22.5. The van der Waals surface area contributed by atoms with Gasteiger partial charge in [0.05, 0.1) is 55.2 Å². The number of allylic oxidation sites excluding steroid dienone is 4. The third-order valence-electron chi connectivity index (χ3n) is 13.2. The third-order valence-corrected chi connectivity index (χ3v) is 13.2. The van der Waals surface area contributed by atoms with Crippen LogP contribution in [-0.4, -0.2) is 103 Å². The van der Waals surface area contributed by atoms with E-state index in [4.69, 9.17) is 14.2 Å². The van der Waals surface area contributed by atoms with E-state index in [0.717, 1.165) is 11.1 Å². The van der Waals surface area contributed by atoms with Gasteiger partial charge in [-0.1, -0.05) is 78.0 Å². The molecule has 0 spiro atoms. The first-order chi connectivity index (χ1) is 27.9. The maximum atomic E-state index is 13.0. The molecule has 16 atom stereocenters. The number of fused-ring (bicyclic) bond motifs is 2. The summed E-state index contributed by atoms with van der Waals surface area (Å²) in [7, 11) is 0. The van der Waals surface area contributed by atoms with Crippen LogP contribution in [0.3, 0.4) is 0 Å². The first-order valence-corrected chi connectivity index (χ1v) is 21.9. The Bertz CT molecular complexity index is 1550. The van der Waals surface area contributed by atoms with E-state index in [9.17, 15) is 49.8 Å². The predicted molar refractivity (Wildman–Crippen MR) is 219 cm³/mol. The molecule has 0 aromatic carbocycles. The summed E-state index contributed by atoms with van der Waals surface area (Å²) in [5, 5.41) is 63.5. The Morgan fingerprint density at radius 1 is 0.695 bits per heavy atom. The quantitative estimate of drug-likeness (QED) is 0.0635. The fourth-order valence-electron chi connectivity index (χ4n) is 9.34. The minimum atomic E-state index is -1.26. The van der Waals surface area contributed by atoms with E-state index in [1.807, 2.05) is 52.0 Å². The van der Waals surface area contributed by atoms with Crippen molar-refractivity contribution < 1.29 is 64.0 Å². The Balaban J connectivity index is 1.29. The Morgan fingerprint density at radius 3 is 1.56 bits per heavy atom. The normalized spacial score (nSPS) is 31.8. The molecule has 0 saturated heterocycles. The number of aliphatic carboxylic acids is 1. The number of carbonyl (C=O) groups is 4. The van der Waals surface area contributed by atoms with E-state index < -0.39 is 73.6 Å². The zero-order valence-electron chi connectivity index (χ0n) is 35.7. The average Bonchev–Trinajstić information content (AvgIpc) is 3.15. The predicted octanol–water partition coefficient (Wildman–Crippen LogP) is 5.36. The average molecular weight is 831 g/mol. The molecule has 0 aliphatic heterocycles. The molecular formula is C46H70O13. The largest absolute Gasteiger partial charge is 0.481 e. The minimum absolute atomic E-state index is 0.00566. The summed E-state index contributed by atoms with van der Waals surface area (Å²) in [4.78, 5) is 50.2. The van der Waals surface area contributed by atoms with Gasteiger partial charge < -0.3 is 44.8 Å². The van der Waals surface area contributed by atoms with E-state index in [1.165, 1.54) is 0 Å². The maximum absolute atomic E-state index is 13.0. The lowest BCUT2D eigenvalue weighted by atomic mass is 9.66. The van der Waals surface area contributed by atoms with Crippen LogP contribution in [0.4, 0.5) is 0 Å². The van der Waals surface area contributed by atoms with Crippen LogP contribution in [-0.2, 0) is 33.4 Å². The molecule has 0 radical (unpaired) electrons. The van der Waals surface area contributed by atoms with Crippen LogP contribution >= 0.6 is 0 Å². The van der Waals surface area contributed by atoms with Crippen LogP contribution in [0.2, 0.25) is 0 Å². The molecule has 332 valence electrons. The second-order valence-corrected chi connectivity index (χ2v) is 17.8. The summed E-state index contributed by atoms with van der Waals surface area (Å²) in [6, 6.07) is 0. The van der Waals surface area contributed by atoms with Gasteiger partial charge in [0.2, 0.25) is 0 Å². The molecule has 0 heterocycles. The van der Waals surface area contributed by atoms with Crippen molar-refractivity contribution in [1.82, 2.24) is 0 Å². The molecule has 4 rings (SSSR count). The standard InChI is InChI=1S/C46H70O13/c1-7-25(3)45(55)58-39-21-33(49)17-29-11-9-27(5)37(43(29)39)15-13-31(47)19-35(51)23-42(54)57-36(24-41(52)53)20-32(48)14-16-38-28(6)10-12-30-18-34(50)22-40(44(30)38)59-46(56)26(4)8-2/h9-12,17-18,25-28,31-40,43-44,47-51H,7-8,13-16,19-24H2,1-6H3,(H,52,53)/t25-,26-,27-,28-,31+,32+,33+,34+,35+,36+,37-,38-,39-,40-,43-,44-/m0/s1. The summed E-state index contributed by atoms with van der Waals surface area (Å²) >= 11 is 0. The van der Waals surface area contributed by atoms with Gasteiger partial charge in [0.1, 0.15) is 18.3 Å². The minimum Gasteiger partial charge on any atom is -0.481 e. The number of aliphatic hydroxyl groups is 5. The van der Waals surface area contributed by atoms with Gasteiger partial charge in [0, 0.05) is 31.1 Å². The van der Waals surface area contributed by atoms with Gasteiger partial charge in [0.15, 0.2) is 0 Å². The number of carboxylic acid groups (broad SMARTS) is 1. The molecule has 0 fully saturated rings. The first-order valence-electron chi connectivity index (χ1n) is 21.9. The highest BCUT2D eigenvalue weighted by molar-refractivity contribution is 5.73. The van der Waals surface area contributed by atoms with Crippen molar-refractivity contribution in [3.05, 3.63) is 47.6 Å². The monoisotopic (exact) mass is 830 g/mol. The van der Waals surface area contributed by atoms with Gasteiger partial charge in [-0.05, 0) is 79.8 Å². The van der Waals surface area contributed by atoms with Crippen molar-refractivity contribution in [3.8, 4) is 0 Å². The zero-order chi connectivity index (χ0) is 43.6. The van der Waals surface area contributed by atoms with Crippen LogP contribution in [0.1, 0.15) is 119 Å². The molecule has 4 aliphatic carbocycles. The number of aliphatic hydroxyl groups excluding tert-OH is 5. The van der Waals surface area contributed by atoms with Crippen molar-refractivity contribution >= 4 is 23.9 Å². The lowest BCUT2D eigenvalue weighted by molar-refractivity contribution is -0.160. The highest BCUT2D eigenvalue weighted by Crippen LogP contribution is 2.45. The van der Waals surface area contributed by atoms with E-state index in [0.29, 0.717) is 32.1 Å². The molecule has 4 aliphatic rings. The third kappa shape index (κ3) is 13.8. The molecule has 0 bridgehead atoms. The van der Waals surface area contributed by atoms with E-state index in [-0.39, 0.29) is 91.4 Å². The smallest absolute Gasteiger partial charge is 0.308 e. The summed E-state index contributed by atoms with van der Waals surface area (Å²) in [5.41, 5.74) is 1.78. The molecule has 0 aromatic heterocycles. The van der Waals surface area contributed by atoms with Crippen molar-refractivity contribution in [3.63, 3.8) is 0 Å². The molecule has 0 saturated carbocycles. The number of hydrogen-bond donors (Lipinski definition) is 6. The van der Waals surface area contributed by atoms with Crippen molar-refractivity contribution in [1.29, 1.82) is 0 Å². The van der Waals surface area contributed by atoms with Gasteiger partial charge in [-0.3, -0.25) is 19.2 Å². The van der Waals surface area contributed by atoms with Gasteiger partial charge in [-0.2, -0.15) is 0 Å². The highest BCUT2D eigenvalue weighted by Gasteiger charge is 2.44. The Hall–Kier alpha value is -3.36. The van der Waals surface area contributed by atoms with Gasteiger partial charge in [-0.25, -0.2) is 0 Å². The number of hydrogen-bond acceptors (Lipinski definition) is 12. The van der Waals surface area contributed by atoms with E-state index in [1.54, 1.807) is 19.1 Å². The molecule has 6 N–H and O–H groups in total. The van der Waals surface area contributed by atoms with Crippen LogP contribution in [0.15, 0.2) is 47.6 Å². The van der Waals surface area contributed by atoms with Gasteiger partial charge in [-0.15, -0.1) is 0 Å². The number of esters is 3. The fourth-order valence-corrected chi connectivity index (χ4v) is 9.34. The van der Waals surface area contributed by atoms with E-state index in [2.05, 4.69) is 6.92 Å². The molecule has 0 aromatic rings. The Labute approximate surface area is 349 Å². The van der Waals surface area contributed by atoms with Crippen LogP contribution in [0.25, 0.3) is 0 Å². The second-order valence-electron chi connectivity index (χ2n) is 17.8. The van der Waals surface area contributed by atoms with Crippen LogP contribution in [0, 0.1) is 47.3 Å².